The molecule has 150 valence electrons. The normalized spacial score (nSPS) is 12.8. The predicted molar refractivity (Wildman–Crippen MR) is 110 cm³/mol. The third kappa shape index (κ3) is 5.77. The fraction of sp³-hybridized carbons (Fsp3) is 0.429. The maximum Gasteiger partial charge on any atom is 0.250 e. The van der Waals surface area contributed by atoms with Gasteiger partial charge in [0.15, 0.2) is 17.5 Å². The molecule has 0 saturated heterocycles. The molecule has 2 heterocycles. The average Bonchev–Trinajstić information content (AvgIpc) is 3.17. The molecule has 0 radical (unpaired) electrons. The molecule has 28 heavy (non-hydrogen) atoms. The standard InChI is InChI=1S/C21H28N4O3/c1-2-22-21(23-11-4-6-14-25-13-5-3-7-20(25)26)24-12-10-17-8-9-18-19(15-17)28-16-27-18/h3,5,7-9,13,15H,2,4,6,10-12,14,16H2,1H3,(H2,22,23,24). The van der Waals surface area contributed by atoms with E-state index >= 15 is 0 Å². The van der Waals surface area contributed by atoms with Gasteiger partial charge in [-0.2, -0.15) is 0 Å². The number of hydrogen-bond donors (Lipinski definition) is 2. The number of rotatable bonds is 9. The van der Waals surface area contributed by atoms with Crippen molar-refractivity contribution in [2.45, 2.75) is 32.7 Å². The van der Waals surface area contributed by atoms with Crippen LogP contribution in [0.3, 0.4) is 0 Å². The zero-order chi connectivity index (χ0) is 19.6. The second kappa shape index (κ2) is 10.4. The molecule has 3 rings (SSSR count). The lowest BCUT2D eigenvalue weighted by Gasteiger charge is -2.11. The lowest BCUT2D eigenvalue weighted by atomic mass is 10.1. The van der Waals surface area contributed by atoms with E-state index in [2.05, 4.69) is 28.6 Å². The summed E-state index contributed by atoms with van der Waals surface area (Å²) in [6.07, 6.45) is 4.55. The number of nitrogens with zero attached hydrogens (tertiary/aromatic N) is 2. The molecule has 1 aliphatic heterocycles. The molecular weight excluding hydrogens is 356 g/mol. The molecule has 0 spiro atoms. The summed E-state index contributed by atoms with van der Waals surface area (Å²) < 4.78 is 12.5. The van der Waals surface area contributed by atoms with Gasteiger partial charge in [0, 0.05) is 38.4 Å². The number of benzene rings is 1. The SMILES string of the molecule is CCNC(=NCCCCn1ccccc1=O)NCCc1ccc2c(c1)OCO2. The van der Waals surface area contributed by atoms with Gasteiger partial charge in [0.25, 0.3) is 0 Å². The van der Waals surface area contributed by atoms with E-state index < -0.39 is 0 Å². The molecule has 7 nitrogen and oxygen atoms in total. The van der Waals surface area contributed by atoms with Crippen molar-refractivity contribution in [2.75, 3.05) is 26.4 Å². The van der Waals surface area contributed by atoms with Gasteiger partial charge in [0.1, 0.15) is 0 Å². The molecule has 0 aliphatic carbocycles. The quantitative estimate of drug-likeness (QED) is 0.394. The minimum Gasteiger partial charge on any atom is -0.454 e. The van der Waals surface area contributed by atoms with E-state index in [0.717, 1.165) is 62.9 Å². The molecule has 0 amide bonds. The Labute approximate surface area is 165 Å². The summed E-state index contributed by atoms with van der Waals surface area (Å²) in [6.45, 7) is 5.40. The minimum atomic E-state index is 0.0459. The smallest absolute Gasteiger partial charge is 0.250 e. The molecule has 0 bridgehead atoms. The lowest BCUT2D eigenvalue weighted by Crippen LogP contribution is -2.38. The van der Waals surface area contributed by atoms with Crippen molar-refractivity contribution >= 4 is 5.96 Å². The summed E-state index contributed by atoms with van der Waals surface area (Å²) in [6, 6.07) is 11.3. The van der Waals surface area contributed by atoms with Crippen LogP contribution in [0.25, 0.3) is 0 Å². The zero-order valence-corrected chi connectivity index (χ0v) is 16.3. The van der Waals surface area contributed by atoms with Gasteiger partial charge in [-0.05, 0) is 49.9 Å². The first-order valence-electron chi connectivity index (χ1n) is 9.82. The Bertz CT molecular complexity index is 848. The van der Waals surface area contributed by atoms with Crippen LogP contribution in [0, 0.1) is 0 Å². The maximum absolute atomic E-state index is 11.7. The number of nitrogens with one attached hydrogen (secondary N) is 2. The van der Waals surface area contributed by atoms with Gasteiger partial charge in [-0.25, -0.2) is 0 Å². The summed E-state index contributed by atoms with van der Waals surface area (Å²) >= 11 is 0. The van der Waals surface area contributed by atoms with Crippen molar-refractivity contribution in [2.24, 2.45) is 4.99 Å². The first-order chi connectivity index (χ1) is 13.8. The molecule has 0 unspecified atom stereocenters. The molecule has 0 saturated carbocycles. The van der Waals surface area contributed by atoms with Crippen molar-refractivity contribution in [3.05, 3.63) is 58.5 Å². The highest BCUT2D eigenvalue weighted by Gasteiger charge is 2.12. The molecule has 0 atom stereocenters. The van der Waals surface area contributed by atoms with Gasteiger partial charge in [0.2, 0.25) is 12.4 Å². The monoisotopic (exact) mass is 384 g/mol. The first kappa shape index (κ1) is 19.8. The van der Waals surface area contributed by atoms with Gasteiger partial charge in [-0.15, -0.1) is 0 Å². The fourth-order valence-corrected chi connectivity index (χ4v) is 2.99. The Morgan fingerprint density at radius 1 is 1.14 bits per heavy atom. The molecule has 7 heteroatoms. The van der Waals surface area contributed by atoms with E-state index in [1.807, 2.05) is 24.4 Å². The van der Waals surface area contributed by atoms with Crippen molar-refractivity contribution in [1.29, 1.82) is 0 Å². The number of unbranched alkanes of at least 4 members (excludes halogenated alkanes) is 1. The third-order valence-corrected chi connectivity index (χ3v) is 4.46. The van der Waals surface area contributed by atoms with Gasteiger partial charge in [-0.1, -0.05) is 12.1 Å². The van der Waals surface area contributed by atoms with Crippen LogP contribution in [0.4, 0.5) is 0 Å². The third-order valence-electron chi connectivity index (χ3n) is 4.46. The van der Waals surface area contributed by atoms with Crippen LogP contribution < -0.4 is 25.7 Å². The predicted octanol–water partition coefficient (Wildman–Crippen LogP) is 2.16. The Morgan fingerprint density at radius 3 is 2.89 bits per heavy atom. The Kier molecular flexibility index (Phi) is 7.35. The van der Waals surface area contributed by atoms with Crippen molar-refractivity contribution in [3.8, 4) is 11.5 Å². The fourth-order valence-electron chi connectivity index (χ4n) is 2.99. The number of aryl methyl sites for hydroxylation is 1. The molecule has 2 N–H and O–H groups in total. The average molecular weight is 384 g/mol. The van der Waals surface area contributed by atoms with Crippen molar-refractivity contribution < 1.29 is 9.47 Å². The van der Waals surface area contributed by atoms with Gasteiger partial charge >= 0.3 is 0 Å². The number of ether oxygens (including phenoxy) is 2. The minimum absolute atomic E-state index is 0.0459. The molecule has 1 aliphatic rings. The van der Waals surface area contributed by atoms with E-state index in [1.165, 1.54) is 5.56 Å². The Morgan fingerprint density at radius 2 is 2.04 bits per heavy atom. The van der Waals surface area contributed by atoms with Gasteiger partial charge in [0.05, 0.1) is 0 Å². The summed E-state index contributed by atoms with van der Waals surface area (Å²) in [4.78, 5) is 16.3. The van der Waals surface area contributed by atoms with Crippen LogP contribution in [0.5, 0.6) is 11.5 Å². The maximum atomic E-state index is 11.7. The molecule has 0 fully saturated rings. The summed E-state index contributed by atoms with van der Waals surface area (Å²) in [5.41, 5.74) is 1.24. The van der Waals surface area contributed by atoms with Crippen LogP contribution in [-0.2, 0) is 13.0 Å². The number of aromatic nitrogens is 1. The second-order valence-corrected chi connectivity index (χ2v) is 6.56. The Balaban J connectivity index is 1.40. The van der Waals surface area contributed by atoms with E-state index in [0.29, 0.717) is 6.79 Å². The molecule has 1 aromatic carbocycles. The van der Waals surface area contributed by atoms with E-state index in [4.69, 9.17) is 9.47 Å². The Hall–Kier alpha value is -2.96. The van der Waals surface area contributed by atoms with Crippen LogP contribution in [-0.4, -0.2) is 37.0 Å². The highest BCUT2D eigenvalue weighted by Crippen LogP contribution is 2.32. The van der Waals surface area contributed by atoms with Crippen molar-refractivity contribution in [3.63, 3.8) is 0 Å². The molecule has 2 aromatic rings. The number of guanidine groups is 1. The van der Waals surface area contributed by atoms with Crippen LogP contribution in [0.2, 0.25) is 0 Å². The van der Waals surface area contributed by atoms with Gasteiger partial charge < -0.3 is 24.7 Å². The summed E-state index contributed by atoms with van der Waals surface area (Å²) in [5, 5.41) is 6.63. The highest BCUT2D eigenvalue weighted by molar-refractivity contribution is 5.79. The highest BCUT2D eigenvalue weighted by atomic mass is 16.7. The lowest BCUT2D eigenvalue weighted by molar-refractivity contribution is 0.174. The van der Waals surface area contributed by atoms with Gasteiger partial charge in [-0.3, -0.25) is 9.79 Å². The van der Waals surface area contributed by atoms with E-state index in [1.54, 1.807) is 16.7 Å². The molecular formula is C21H28N4O3. The zero-order valence-electron chi connectivity index (χ0n) is 16.3. The largest absolute Gasteiger partial charge is 0.454 e. The topological polar surface area (TPSA) is 76.9 Å². The van der Waals surface area contributed by atoms with Crippen LogP contribution in [0.15, 0.2) is 52.4 Å². The number of fused-ring (bicyclic) bond motifs is 1. The number of aliphatic imine (C=N–C) groups is 1. The first-order valence-corrected chi connectivity index (χ1v) is 9.82. The summed E-state index contributed by atoms with van der Waals surface area (Å²) in [7, 11) is 0. The van der Waals surface area contributed by atoms with Crippen LogP contribution >= 0.6 is 0 Å². The summed E-state index contributed by atoms with van der Waals surface area (Å²) in [5.74, 6) is 2.44. The number of hydrogen-bond acceptors (Lipinski definition) is 4. The van der Waals surface area contributed by atoms with Crippen LogP contribution in [0.1, 0.15) is 25.3 Å². The van der Waals surface area contributed by atoms with E-state index in [9.17, 15) is 4.79 Å². The second-order valence-electron chi connectivity index (χ2n) is 6.56. The van der Waals surface area contributed by atoms with E-state index in [-0.39, 0.29) is 5.56 Å². The van der Waals surface area contributed by atoms with Crippen molar-refractivity contribution in [1.82, 2.24) is 15.2 Å². The number of pyridine rings is 1. The molecule has 1 aromatic heterocycles.